The zero-order chi connectivity index (χ0) is 19.2. The van der Waals surface area contributed by atoms with Gasteiger partial charge in [-0.3, -0.25) is 9.69 Å². The molecule has 0 unspecified atom stereocenters. The average molecular weight is 365 g/mol. The van der Waals surface area contributed by atoms with Crippen LogP contribution in [0.2, 0.25) is 0 Å². The van der Waals surface area contributed by atoms with Crippen LogP contribution >= 0.6 is 0 Å². The van der Waals surface area contributed by atoms with Crippen molar-refractivity contribution in [3.63, 3.8) is 0 Å². The van der Waals surface area contributed by atoms with Gasteiger partial charge in [-0.05, 0) is 51.8 Å². The van der Waals surface area contributed by atoms with Crippen LogP contribution in [0.25, 0.3) is 0 Å². The van der Waals surface area contributed by atoms with Gasteiger partial charge < -0.3 is 15.0 Å². The molecule has 2 amide bonds. The average Bonchev–Trinajstić information content (AvgIpc) is 2.88. The largest absolute Gasteiger partial charge is 0.449 e. The summed E-state index contributed by atoms with van der Waals surface area (Å²) in [6.07, 6.45) is 9.94. The van der Waals surface area contributed by atoms with E-state index in [1.807, 2.05) is 12.2 Å². The first kappa shape index (κ1) is 20.0. The highest BCUT2D eigenvalue weighted by molar-refractivity contribution is 5.79. The van der Waals surface area contributed by atoms with Gasteiger partial charge in [-0.25, -0.2) is 9.18 Å². The lowest BCUT2D eigenvalue weighted by molar-refractivity contribution is -0.128. The van der Waals surface area contributed by atoms with E-state index >= 15 is 0 Å². The number of carbonyl (C=O) groups excluding carboxylic acids is 2. The number of amides is 2. The van der Waals surface area contributed by atoms with Crippen LogP contribution in [0.1, 0.15) is 33.6 Å². The standard InChI is InChI=1S/C19H28FN3O3/c1-4-26-18(25)23-10-5-6-16(9-13-23)22-11-7-15(8-12-22)17(24)21-19(2,3)14-20/h5-6,9-10,13,15H,4,7-8,11-12,14H2,1-3H3,(H,21,24). The Morgan fingerprint density at radius 3 is 2.62 bits per heavy atom. The number of piperidine rings is 1. The van der Waals surface area contributed by atoms with Gasteiger partial charge in [-0.2, -0.15) is 0 Å². The van der Waals surface area contributed by atoms with Crippen molar-refractivity contribution in [2.75, 3.05) is 26.4 Å². The number of ether oxygens (including phenoxy) is 1. The number of rotatable bonds is 5. The fourth-order valence-electron chi connectivity index (χ4n) is 2.90. The maximum Gasteiger partial charge on any atom is 0.417 e. The molecule has 2 aliphatic rings. The monoisotopic (exact) mass is 365 g/mol. The van der Waals surface area contributed by atoms with E-state index in [1.54, 1.807) is 39.2 Å². The second-order valence-electron chi connectivity index (χ2n) is 7.12. The highest BCUT2D eigenvalue weighted by atomic mass is 19.1. The number of nitrogens with one attached hydrogen (secondary N) is 1. The molecule has 6 nitrogen and oxygen atoms in total. The van der Waals surface area contributed by atoms with Crippen LogP contribution in [0, 0.1) is 5.92 Å². The highest BCUT2D eigenvalue weighted by Gasteiger charge is 2.29. The fourth-order valence-corrected chi connectivity index (χ4v) is 2.90. The molecule has 0 aromatic rings. The molecule has 2 rings (SSSR count). The summed E-state index contributed by atoms with van der Waals surface area (Å²) in [7, 11) is 0. The molecule has 26 heavy (non-hydrogen) atoms. The van der Waals surface area contributed by atoms with Crippen molar-refractivity contribution in [3.8, 4) is 0 Å². The molecular formula is C19H28FN3O3. The van der Waals surface area contributed by atoms with Crippen molar-refractivity contribution in [1.82, 2.24) is 15.1 Å². The van der Waals surface area contributed by atoms with Crippen LogP contribution < -0.4 is 5.32 Å². The van der Waals surface area contributed by atoms with Crippen molar-refractivity contribution in [3.05, 3.63) is 36.3 Å². The van der Waals surface area contributed by atoms with E-state index < -0.39 is 18.3 Å². The van der Waals surface area contributed by atoms with Crippen LogP contribution in [-0.2, 0) is 9.53 Å². The van der Waals surface area contributed by atoms with Crippen molar-refractivity contribution in [2.24, 2.45) is 5.92 Å². The Morgan fingerprint density at radius 2 is 2.00 bits per heavy atom. The topological polar surface area (TPSA) is 61.9 Å². The molecule has 1 fully saturated rings. The Balaban J connectivity index is 1.89. The fraction of sp³-hybridized carbons (Fsp3) is 0.579. The van der Waals surface area contributed by atoms with Gasteiger partial charge in [0.25, 0.3) is 0 Å². The van der Waals surface area contributed by atoms with E-state index in [0.29, 0.717) is 19.4 Å². The summed E-state index contributed by atoms with van der Waals surface area (Å²) < 4.78 is 17.9. The smallest absolute Gasteiger partial charge is 0.417 e. The summed E-state index contributed by atoms with van der Waals surface area (Å²) in [6, 6.07) is 0. The predicted octanol–water partition coefficient (Wildman–Crippen LogP) is 2.95. The maximum absolute atomic E-state index is 12.9. The Hall–Kier alpha value is -2.31. The molecule has 0 radical (unpaired) electrons. The van der Waals surface area contributed by atoms with Crippen LogP contribution in [0.15, 0.2) is 36.3 Å². The second kappa shape index (κ2) is 8.87. The number of nitrogens with zero attached hydrogens (tertiary/aromatic N) is 2. The number of hydrogen-bond acceptors (Lipinski definition) is 4. The lowest BCUT2D eigenvalue weighted by atomic mass is 9.94. The SMILES string of the molecule is CCOC(=O)N1C=CC=C(N2CCC(C(=O)NC(C)(C)CF)CC2)C=C1. The Bertz CT molecular complexity index is 605. The minimum atomic E-state index is -0.817. The van der Waals surface area contributed by atoms with Gasteiger partial charge in [-0.15, -0.1) is 0 Å². The molecule has 7 heteroatoms. The molecule has 0 saturated carbocycles. The minimum absolute atomic E-state index is 0.0777. The van der Waals surface area contributed by atoms with Crippen LogP contribution in [0.5, 0.6) is 0 Å². The molecule has 2 heterocycles. The molecule has 0 aliphatic carbocycles. The van der Waals surface area contributed by atoms with E-state index in [-0.39, 0.29) is 11.8 Å². The molecular weight excluding hydrogens is 337 g/mol. The van der Waals surface area contributed by atoms with Gasteiger partial charge in [0.1, 0.15) is 6.67 Å². The molecule has 0 bridgehead atoms. The first-order valence-corrected chi connectivity index (χ1v) is 9.01. The maximum atomic E-state index is 12.9. The number of halogens is 1. The molecule has 144 valence electrons. The lowest BCUT2D eigenvalue weighted by Gasteiger charge is -2.35. The van der Waals surface area contributed by atoms with Gasteiger partial charge in [0.2, 0.25) is 5.91 Å². The van der Waals surface area contributed by atoms with Crippen LogP contribution in [0.4, 0.5) is 9.18 Å². The second-order valence-corrected chi connectivity index (χ2v) is 7.12. The lowest BCUT2D eigenvalue weighted by Crippen LogP contribution is -2.49. The van der Waals surface area contributed by atoms with Crippen molar-refractivity contribution < 1.29 is 18.7 Å². The summed E-state index contributed by atoms with van der Waals surface area (Å²) in [5.41, 5.74) is 0.165. The van der Waals surface area contributed by atoms with Gasteiger partial charge in [0, 0.05) is 37.1 Å². The molecule has 1 saturated heterocycles. The summed E-state index contributed by atoms with van der Waals surface area (Å²) in [5.74, 6) is -0.176. The van der Waals surface area contributed by atoms with Crippen LogP contribution in [0.3, 0.4) is 0 Å². The number of likely N-dealkylation sites (tertiary alicyclic amines) is 1. The van der Waals surface area contributed by atoms with Crippen molar-refractivity contribution in [1.29, 1.82) is 0 Å². The Morgan fingerprint density at radius 1 is 1.31 bits per heavy atom. The molecule has 0 spiro atoms. The third-order valence-corrected chi connectivity index (χ3v) is 4.42. The number of carbonyl (C=O) groups is 2. The molecule has 2 aliphatic heterocycles. The number of hydrogen-bond donors (Lipinski definition) is 1. The van der Waals surface area contributed by atoms with Gasteiger partial charge in [0.05, 0.1) is 12.1 Å². The predicted molar refractivity (Wildman–Crippen MR) is 97.7 cm³/mol. The van der Waals surface area contributed by atoms with Crippen molar-refractivity contribution >= 4 is 12.0 Å². The van der Waals surface area contributed by atoms with E-state index in [0.717, 1.165) is 18.8 Å². The first-order chi connectivity index (χ1) is 12.4. The zero-order valence-electron chi connectivity index (χ0n) is 15.7. The first-order valence-electron chi connectivity index (χ1n) is 9.01. The summed E-state index contributed by atoms with van der Waals surface area (Å²) in [5, 5.41) is 2.78. The van der Waals surface area contributed by atoms with E-state index in [4.69, 9.17) is 4.74 Å². The van der Waals surface area contributed by atoms with Gasteiger partial charge in [-0.1, -0.05) is 0 Å². The molecule has 0 aromatic carbocycles. The zero-order valence-corrected chi connectivity index (χ0v) is 15.7. The van der Waals surface area contributed by atoms with Crippen LogP contribution in [-0.4, -0.2) is 53.7 Å². The molecule has 0 atom stereocenters. The van der Waals surface area contributed by atoms with Gasteiger partial charge >= 0.3 is 6.09 Å². The van der Waals surface area contributed by atoms with E-state index in [9.17, 15) is 14.0 Å². The number of alkyl halides is 1. The molecule has 1 N–H and O–H groups in total. The van der Waals surface area contributed by atoms with E-state index in [2.05, 4.69) is 10.2 Å². The third-order valence-electron chi connectivity index (χ3n) is 4.42. The Kier molecular flexibility index (Phi) is 6.83. The van der Waals surface area contributed by atoms with E-state index in [1.165, 1.54) is 4.90 Å². The summed E-state index contributed by atoms with van der Waals surface area (Å²) in [6.45, 7) is 6.34. The molecule has 0 aromatic heterocycles. The quantitative estimate of drug-likeness (QED) is 0.814. The highest BCUT2D eigenvalue weighted by Crippen LogP contribution is 2.23. The normalized spacial score (nSPS) is 18.4. The van der Waals surface area contributed by atoms with Crippen molar-refractivity contribution in [2.45, 2.75) is 39.2 Å². The summed E-state index contributed by atoms with van der Waals surface area (Å²) in [4.78, 5) is 27.7. The minimum Gasteiger partial charge on any atom is -0.449 e. The summed E-state index contributed by atoms with van der Waals surface area (Å²) >= 11 is 0. The van der Waals surface area contributed by atoms with Gasteiger partial charge in [0.15, 0.2) is 0 Å². The number of allylic oxidation sites excluding steroid dienone is 3. The third kappa shape index (κ3) is 5.34. The Labute approximate surface area is 154 Å².